The van der Waals surface area contributed by atoms with Crippen LogP contribution in [0.4, 0.5) is 0 Å². The van der Waals surface area contributed by atoms with E-state index in [0.29, 0.717) is 18.3 Å². The van der Waals surface area contributed by atoms with Crippen LogP contribution >= 0.6 is 11.3 Å². The maximum Gasteiger partial charge on any atom is 0.241 e. The number of aromatic nitrogens is 2. The van der Waals surface area contributed by atoms with E-state index in [0.717, 1.165) is 36.4 Å². The summed E-state index contributed by atoms with van der Waals surface area (Å²) in [6.45, 7) is 2.30. The average molecular weight is 353 g/mol. The van der Waals surface area contributed by atoms with E-state index in [4.69, 9.17) is 4.52 Å². The predicted octanol–water partition coefficient (Wildman–Crippen LogP) is 3.89. The molecule has 3 aromatic rings. The summed E-state index contributed by atoms with van der Waals surface area (Å²) in [5.41, 5.74) is 0.946. The second kappa shape index (κ2) is 7.29. The van der Waals surface area contributed by atoms with Crippen LogP contribution in [0.2, 0.25) is 0 Å². The number of carbonyl (C=O) groups is 1. The summed E-state index contributed by atoms with van der Waals surface area (Å²) < 4.78 is 5.40. The summed E-state index contributed by atoms with van der Waals surface area (Å²) in [7, 11) is 0. The number of likely N-dealkylation sites (tertiary alicyclic amines) is 1. The number of carbonyl (C=O) groups excluding carboxylic acids is 1. The largest absolute Gasteiger partial charge is 0.338 e. The zero-order chi connectivity index (χ0) is 17.1. The van der Waals surface area contributed by atoms with Crippen LogP contribution in [0, 0.1) is 5.92 Å². The van der Waals surface area contributed by atoms with E-state index in [1.54, 1.807) is 0 Å². The third-order valence-electron chi connectivity index (χ3n) is 4.50. The molecule has 3 heterocycles. The molecule has 1 aliphatic heterocycles. The molecule has 25 heavy (non-hydrogen) atoms. The molecule has 128 valence electrons. The SMILES string of the molecule is O=C(c1cccs1)C1CCCN(Cc2nc(-c3ccccc3)no2)C1. The van der Waals surface area contributed by atoms with Gasteiger partial charge in [-0.2, -0.15) is 4.98 Å². The van der Waals surface area contributed by atoms with Crippen molar-refractivity contribution in [2.45, 2.75) is 19.4 Å². The van der Waals surface area contributed by atoms with Gasteiger partial charge in [0, 0.05) is 18.0 Å². The number of thiophene rings is 1. The second-order valence-electron chi connectivity index (χ2n) is 6.29. The molecule has 5 nitrogen and oxygen atoms in total. The van der Waals surface area contributed by atoms with Crippen LogP contribution in [0.1, 0.15) is 28.4 Å². The van der Waals surface area contributed by atoms with Crippen LogP contribution in [0.15, 0.2) is 52.4 Å². The zero-order valence-electron chi connectivity index (χ0n) is 13.8. The summed E-state index contributed by atoms with van der Waals surface area (Å²) in [5.74, 6) is 1.53. The van der Waals surface area contributed by atoms with Crippen molar-refractivity contribution in [2.75, 3.05) is 13.1 Å². The fraction of sp³-hybridized carbons (Fsp3) is 0.316. The Morgan fingerprint density at radius 1 is 1.24 bits per heavy atom. The third kappa shape index (κ3) is 3.70. The first-order valence-corrected chi connectivity index (χ1v) is 9.35. The van der Waals surface area contributed by atoms with Crippen molar-refractivity contribution in [2.24, 2.45) is 5.92 Å². The van der Waals surface area contributed by atoms with Crippen LogP contribution < -0.4 is 0 Å². The first-order chi connectivity index (χ1) is 12.3. The van der Waals surface area contributed by atoms with Gasteiger partial charge in [-0.05, 0) is 30.8 Å². The average Bonchev–Trinajstić information content (AvgIpc) is 3.34. The van der Waals surface area contributed by atoms with Crippen LogP contribution in [0.25, 0.3) is 11.4 Å². The Kier molecular flexibility index (Phi) is 4.72. The summed E-state index contributed by atoms with van der Waals surface area (Å²) in [6, 6.07) is 13.6. The lowest BCUT2D eigenvalue weighted by Gasteiger charge is -2.30. The summed E-state index contributed by atoms with van der Waals surface area (Å²) >= 11 is 1.52. The number of hydrogen-bond acceptors (Lipinski definition) is 6. The Labute approximate surface area is 150 Å². The fourth-order valence-corrected chi connectivity index (χ4v) is 3.99. The Hall–Kier alpha value is -2.31. The minimum absolute atomic E-state index is 0.0592. The van der Waals surface area contributed by atoms with Crippen LogP contribution in [-0.4, -0.2) is 33.9 Å². The van der Waals surface area contributed by atoms with Gasteiger partial charge in [-0.15, -0.1) is 11.3 Å². The lowest BCUT2D eigenvalue weighted by atomic mass is 9.93. The predicted molar refractivity (Wildman–Crippen MR) is 96.4 cm³/mol. The van der Waals surface area contributed by atoms with Crippen LogP contribution in [0.5, 0.6) is 0 Å². The van der Waals surface area contributed by atoms with Crippen LogP contribution in [0.3, 0.4) is 0 Å². The molecule has 6 heteroatoms. The topological polar surface area (TPSA) is 59.2 Å². The lowest BCUT2D eigenvalue weighted by Crippen LogP contribution is -2.38. The highest BCUT2D eigenvalue weighted by molar-refractivity contribution is 7.12. The maximum atomic E-state index is 12.6. The number of ketones is 1. The molecular formula is C19H19N3O2S. The third-order valence-corrected chi connectivity index (χ3v) is 5.38. The van der Waals surface area contributed by atoms with Crippen molar-refractivity contribution >= 4 is 17.1 Å². The van der Waals surface area contributed by atoms with Crippen molar-refractivity contribution in [1.82, 2.24) is 15.0 Å². The minimum atomic E-state index is 0.0592. The molecule has 0 aliphatic carbocycles. The highest BCUT2D eigenvalue weighted by Gasteiger charge is 2.28. The molecule has 0 spiro atoms. The monoisotopic (exact) mass is 353 g/mol. The molecule has 1 unspecified atom stereocenters. The number of benzene rings is 1. The Balaban J connectivity index is 1.41. The molecule has 1 fully saturated rings. The van der Waals surface area contributed by atoms with E-state index in [1.807, 2.05) is 47.8 Å². The fourth-order valence-electron chi connectivity index (χ4n) is 3.25. The van der Waals surface area contributed by atoms with Gasteiger partial charge in [0.2, 0.25) is 11.7 Å². The van der Waals surface area contributed by atoms with Crippen molar-refractivity contribution < 1.29 is 9.32 Å². The standard InChI is InChI=1S/C19H19N3O2S/c23-18(16-9-5-11-25-16)15-8-4-10-22(12-15)13-17-20-19(21-24-17)14-6-2-1-3-7-14/h1-3,5-7,9,11,15H,4,8,10,12-13H2. The normalized spacial score (nSPS) is 18.3. The lowest BCUT2D eigenvalue weighted by molar-refractivity contribution is 0.0801. The molecule has 0 amide bonds. The molecule has 0 radical (unpaired) electrons. The number of hydrogen-bond donors (Lipinski definition) is 0. The quantitative estimate of drug-likeness (QED) is 0.651. The van der Waals surface area contributed by atoms with E-state index >= 15 is 0 Å². The minimum Gasteiger partial charge on any atom is -0.338 e. The maximum absolute atomic E-state index is 12.6. The van der Waals surface area contributed by atoms with Gasteiger partial charge in [0.05, 0.1) is 11.4 Å². The Morgan fingerprint density at radius 2 is 2.12 bits per heavy atom. The number of rotatable bonds is 5. The van der Waals surface area contributed by atoms with Gasteiger partial charge in [-0.25, -0.2) is 0 Å². The highest BCUT2D eigenvalue weighted by atomic mass is 32.1. The van der Waals surface area contributed by atoms with Gasteiger partial charge in [0.1, 0.15) is 0 Å². The van der Waals surface area contributed by atoms with Gasteiger partial charge in [-0.3, -0.25) is 9.69 Å². The number of piperidine rings is 1. The smallest absolute Gasteiger partial charge is 0.241 e. The van der Waals surface area contributed by atoms with E-state index < -0.39 is 0 Å². The van der Waals surface area contributed by atoms with Gasteiger partial charge < -0.3 is 4.52 Å². The van der Waals surface area contributed by atoms with Crippen LogP contribution in [-0.2, 0) is 6.54 Å². The van der Waals surface area contributed by atoms with E-state index in [-0.39, 0.29) is 11.7 Å². The molecular weight excluding hydrogens is 334 g/mol. The molecule has 0 saturated carbocycles. The molecule has 4 rings (SSSR count). The molecule has 0 N–H and O–H groups in total. The summed E-state index contributed by atoms with van der Waals surface area (Å²) in [6.07, 6.45) is 1.97. The van der Waals surface area contributed by atoms with Crippen molar-refractivity contribution in [1.29, 1.82) is 0 Å². The first kappa shape index (κ1) is 16.2. The molecule has 1 aliphatic rings. The van der Waals surface area contributed by atoms with E-state index in [9.17, 15) is 4.79 Å². The van der Waals surface area contributed by atoms with Gasteiger partial charge in [0.15, 0.2) is 5.78 Å². The van der Waals surface area contributed by atoms with Crippen molar-refractivity contribution in [3.05, 3.63) is 58.6 Å². The summed E-state index contributed by atoms with van der Waals surface area (Å²) in [5, 5.41) is 6.02. The number of Topliss-reactive ketones (excluding diaryl/α,β-unsaturated/α-hetero) is 1. The van der Waals surface area contributed by atoms with Gasteiger partial charge in [0.25, 0.3) is 0 Å². The van der Waals surface area contributed by atoms with Crippen molar-refractivity contribution in [3.8, 4) is 11.4 Å². The highest BCUT2D eigenvalue weighted by Crippen LogP contribution is 2.24. The zero-order valence-corrected chi connectivity index (χ0v) is 14.6. The Bertz CT molecular complexity index is 829. The Morgan fingerprint density at radius 3 is 2.92 bits per heavy atom. The molecule has 2 aromatic heterocycles. The van der Waals surface area contributed by atoms with Gasteiger partial charge >= 0.3 is 0 Å². The van der Waals surface area contributed by atoms with E-state index in [2.05, 4.69) is 15.0 Å². The van der Waals surface area contributed by atoms with E-state index in [1.165, 1.54) is 11.3 Å². The first-order valence-electron chi connectivity index (χ1n) is 8.47. The molecule has 1 atom stereocenters. The molecule has 0 bridgehead atoms. The van der Waals surface area contributed by atoms with Gasteiger partial charge in [-0.1, -0.05) is 41.6 Å². The summed E-state index contributed by atoms with van der Waals surface area (Å²) in [4.78, 5) is 20.2. The van der Waals surface area contributed by atoms with Crippen molar-refractivity contribution in [3.63, 3.8) is 0 Å². The molecule has 1 aromatic carbocycles. The second-order valence-corrected chi connectivity index (χ2v) is 7.24. The molecule has 1 saturated heterocycles. The number of nitrogens with zero attached hydrogens (tertiary/aromatic N) is 3.